The van der Waals surface area contributed by atoms with Crippen LogP contribution in [0.15, 0.2) is 18.2 Å². The number of urea groups is 1. The number of hydrogen-bond donors (Lipinski definition) is 1. The molecule has 1 atom stereocenters. The molecule has 1 saturated heterocycles. The number of aryl methyl sites for hydroxylation is 1. The number of nitrogens with one attached hydrogen (secondary N) is 1. The van der Waals surface area contributed by atoms with Crippen LogP contribution in [0.2, 0.25) is 0 Å². The summed E-state index contributed by atoms with van der Waals surface area (Å²) in [6.45, 7) is 5.07. The molecule has 0 aliphatic carbocycles. The molecule has 0 bridgehead atoms. The van der Waals surface area contributed by atoms with E-state index in [1.54, 1.807) is 11.8 Å². The van der Waals surface area contributed by atoms with Crippen LogP contribution in [0.5, 0.6) is 0 Å². The van der Waals surface area contributed by atoms with E-state index in [2.05, 4.69) is 5.32 Å². The molecule has 0 unspecified atom stereocenters. The van der Waals surface area contributed by atoms with Gasteiger partial charge in [-0.2, -0.15) is 13.2 Å². The summed E-state index contributed by atoms with van der Waals surface area (Å²) < 4.78 is 44.0. The fourth-order valence-electron chi connectivity index (χ4n) is 2.72. The molecule has 0 spiro atoms. The number of hydrogen-bond acceptors (Lipinski definition) is 2. The summed E-state index contributed by atoms with van der Waals surface area (Å²) in [5, 5.41) is 2.56. The lowest BCUT2D eigenvalue weighted by atomic mass is 10.1. The molecule has 1 aliphatic heterocycles. The fraction of sp³-hybridized carbons (Fsp3) is 0.562. The lowest BCUT2D eigenvalue weighted by Gasteiger charge is -2.32. The minimum absolute atomic E-state index is 0.0113. The molecule has 1 N–H and O–H groups in total. The summed E-state index contributed by atoms with van der Waals surface area (Å²) in [4.78, 5) is 13.9. The summed E-state index contributed by atoms with van der Waals surface area (Å²) in [5.74, 6) is 0. The fourth-order valence-corrected chi connectivity index (χ4v) is 2.72. The van der Waals surface area contributed by atoms with E-state index in [1.807, 2.05) is 6.92 Å². The molecule has 23 heavy (non-hydrogen) atoms. The Kier molecular flexibility index (Phi) is 5.51. The second kappa shape index (κ2) is 7.21. The van der Waals surface area contributed by atoms with Crippen molar-refractivity contribution in [2.45, 2.75) is 39.0 Å². The summed E-state index contributed by atoms with van der Waals surface area (Å²) >= 11 is 0. The second-order valence-electron chi connectivity index (χ2n) is 5.68. The van der Waals surface area contributed by atoms with E-state index >= 15 is 0 Å². The molecule has 1 aromatic rings. The standard InChI is InChI=1S/C16H21F3N2O2/c1-3-23-14-5-4-6-21(10-14)15(22)20-13-8-11(2)7-12(9-13)16(17,18)19/h7-9,14H,3-6,10H2,1-2H3,(H,20,22)/t14-/m1/s1. The third kappa shape index (κ3) is 4.86. The van der Waals surface area contributed by atoms with Gasteiger partial charge >= 0.3 is 12.2 Å². The van der Waals surface area contributed by atoms with Gasteiger partial charge in [0.15, 0.2) is 0 Å². The summed E-state index contributed by atoms with van der Waals surface area (Å²) in [6, 6.07) is 3.14. The largest absolute Gasteiger partial charge is 0.416 e. The van der Waals surface area contributed by atoms with Crippen LogP contribution in [0.4, 0.5) is 23.7 Å². The number of carbonyl (C=O) groups is 1. The van der Waals surface area contributed by atoms with E-state index in [9.17, 15) is 18.0 Å². The van der Waals surface area contributed by atoms with Gasteiger partial charge in [0.2, 0.25) is 0 Å². The van der Waals surface area contributed by atoms with E-state index in [0.29, 0.717) is 25.3 Å². The average molecular weight is 330 g/mol. The van der Waals surface area contributed by atoms with Crippen LogP contribution in [0.25, 0.3) is 0 Å². The number of likely N-dealkylation sites (tertiary alicyclic amines) is 1. The van der Waals surface area contributed by atoms with Gasteiger partial charge in [-0.1, -0.05) is 0 Å². The van der Waals surface area contributed by atoms with Crippen LogP contribution >= 0.6 is 0 Å². The Morgan fingerprint density at radius 1 is 1.39 bits per heavy atom. The minimum Gasteiger partial charge on any atom is -0.377 e. The molecule has 128 valence electrons. The van der Waals surface area contributed by atoms with Gasteiger partial charge in [-0.3, -0.25) is 0 Å². The zero-order chi connectivity index (χ0) is 17.0. The molecule has 1 heterocycles. The zero-order valence-corrected chi connectivity index (χ0v) is 13.2. The summed E-state index contributed by atoms with van der Waals surface area (Å²) in [6.07, 6.45) is -2.74. The van der Waals surface area contributed by atoms with Crippen molar-refractivity contribution in [2.75, 3.05) is 25.0 Å². The average Bonchev–Trinajstić information content (AvgIpc) is 2.46. The Labute approximate surface area is 133 Å². The molecule has 1 fully saturated rings. The Morgan fingerprint density at radius 3 is 2.78 bits per heavy atom. The van der Waals surface area contributed by atoms with Gasteiger partial charge in [0.1, 0.15) is 0 Å². The molecule has 0 aromatic heterocycles. The first-order chi connectivity index (χ1) is 10.8. The predicted molar refractivity (Wildman–Crippen MR) is 81.4 cm³/mol. The minimum atomic E-state index is -4.43. The number of carbonyl (C=O) groups excluding carboxylic acids is 1. The third-order valence-electron chi connectivity index (χ3n) is 3.72. The molecule has 1 aliphatic rings. The maximum atomic E-state index is 12.8. The Morgan fingerprint density at radius 2 is 2.13 bits per heavy atom. The maximum Gasteiger partial charge on any atom is 0.416 e. The third-order valence-corrected chi connectivity index (χ3v) is 3.72. The maximum absolute atomic E-state index is 12.8. The highest BCUT2D eigenvalue weighted by Gasteiger charge is 2.31. The molecule has 2 rings (SSSR count). The predicted octanol–water partition coefficient (Wildman–Crippen LogP) is 4.05. The molecule has 0 radical (unpaired) electrons. The van der Waals surface area contributed by atoms with Crippen molar-refractivity contribution in [3.05, 3.63) is 29.3 Å². The summed E-state index contributed by atoms with van der Waals surface area (Å²) in [7, 11) is 0. The number of halogens is 3. The molecule has 0 saturated carbocycles. The van der Waals surface area contributed by atoms with Gasteiger partial charge in [0, 0.05) is 25.4 Å². The van der Waals surface area contributed by atoms with Crippen molar-refractivity contribution in [3.8, 4) is 0 Å². The van der Waals surface area contributed by atoms with Gasteiger partial charge in [-0.05, 0) is 50.5 Å². The van der Waals surface area contributed by atoms with Gasteiger partial charge in [-0.25, -0.2) is 4.79 Å². The molecular weight excluding hydrogens is 309 g/mol. The molecule has 2 amide bonds. The number of benzene rings is 1. The van der Waals surface area contributed by atoms with E-state index < -0.39 is 17.8 Å². The lowest BCUT2D eigenvalue weighted by molar-refractivity contribution is -0.137. The molecule has 4 nitrogen and oxygen atoms in total. The number of alkyl halides is 3. The van der Waals surface area contributed by atoms with Crippen LogP contribution in [-0.4, -0.2) is 36.7 Å². The van der Waals surface area contributed by atoms with Gasteiger partial charge in [0.25, 0.3) is 0 Å². The van der Waals surface area contributed by atoms with Crippen LogP contribution in [-0.2, 0) is 10.9 Å². The van der Waals surface area contributed by atoms with Gasteiger partial charge in [0.05, 0.1) is 11.7 Å². The topological polar surface area (TPSA) is 41.6 Å². The van der Waals surface area contributed by atoms with Crippen molar-refractivity contribution >= 4 is 11.7 Å². The number of amides is 2. The van der Waals surface area contributed by atoms with Crippen LogP contribution in [0, 0.1) is 6.92 Å². The molecule has 1 aromatic carbocycles. The normalized spacial score (nSPS) is 18.8. The number of anilines is 1. The van der Waals surface area contributed by atoms with E-state index in [4.69, 9.17) is 4.74 Å². The quantitative estimate of drug-likeness (QED) is 0.908. The SMILES string of the molecule is CCO[C@@H]1CCCN(C(=O)Nc2cc(C)cc(C(F)(F)F)c2)C1. The van der Waals surface area contributed by atoms with E-state index in [0.717, 1.165) is 25.0 Å². The van der Waals surface area contributed by atoms with E-state index in [-0.39, 0.29) is 11.8 Å². The van der Waals surface area contributed by atoms with Crippen molar-refractivity contribution in [2.24, 2.45) is 0 Å². The Bertz CT molecular complexity index is 559. The molecular formula is C16H21F3N2O2. The second-order valence-corrected chi connectivity index (χ2v) is 5.68. The first-order valence-electron chi connectivity index (χ1n) is 7.66. The first-order valence-corrected chi connectivity index (χ1v) is 7.66. The first kappa shape index (κ1) is 17.6. The molecule has 7 heteroatoms. The monoisotopic (exact) mass is 330 g/mol. The van der Waals surface area contributed by atoms with Crippen molar-refractivity contribution in [3.63, 3.8) is 0 Å². The summed E-state index contributed by atoms with van der Waals surface area (Å²) in [5.41, 5.74) is -0.166. The van der Waals surface area contributed by atoms with Crippen LogP contribution < -0.4 is 5.32 Å². The number of rotatable bonds is 3. The van der Waals surface area contributed by atoms with Gasteiger partial charge < -0.3 is 15.0 Å². The number of piperidine rings is 1. The van der Waals surface area contributed by atoms with Crippen molar-refractivity contribution < 1.29 is 22.7 Å². The Balaban J connectivity index is 2.06. The Hall–Kier alpha value is -1.76. The highest BCUT2D eigenvalue weighted by Crippen LogP contribution is 2.32. The smallest absolute Gasteiger partial charge is 0.377 e. The van der Waals surface area contributed by atoms with Crippen LogP contribution in [0.3, 0.4) is 0 Å². The van der Waals surface area contributed by atoms with Gasteiger partial charge in [-0.15, -0.1) is 0 Å². The highest BCUT2D eigenvalue weighted by atomic mass is 19.4. The number of nitrogens with zero attached hydrogens (tertiary/aromatic N) is 1. The van der Waals surface area contributed by atoms with Crippen molar-refractivity contribution in [1.29, 1.82) is 0 Å². The van der Waals surface area contributed by atoms with Crippen molar-refractivity contribution in [1.82, 2.24) is 4.90 Å². The number of ether oxygens (including phenoxy) is 1. The zero-order valence-electron chi connectivity index (χ0n) is 13.2. The lowest BCUT2D eigenvalue weighted by Crippen LogP contribution is -2.45. The van der Waals surface area contributed by atoms with E-state index in [1.165, 1.54) is 6.07 Å². The van der Waals surface area contributed by atoms with Crippen LogP contribution in [0.1, 0.15) is 30.9 Å². The highest BCUT2D eigenvalue weighted by molar-refractivity contribution is 5.89.